The van der Waals surface area contributed by atoms with Crippen molar-refractivity contribution in [2.75, 3.05) is 14.2 Å². The lowest BCUT2D eigenvalue weighted by atomic mass is 9.98. The summed E-state index contributed by atoms with van der Waals surface area (Å²) in [5, 5.41) is 4.11. The summed E-state index contributed by atoms with van der Waals surface area (Å²) in [7, 11) is 2.93. The number of rotatable bonds is 2. The molecule has 3 aromatic rings. The van der Waals surface area contributed by atoms with Crippen molar-refractivity contribution in [2.24, 2.45) is 0 Å². The van der Waals surface area contributed by atoms with Crippen molar-refractivity contribution in [3.05, 3.63) is 54.1 Å². The van der Waals surface area contributed by atoms with E-state index in [1.807, 2.05) is 36.4 Å². The summed E-state index contributed by atoms with van der Waals surface area (Å²) in [6, 6.07) is 15.8. The summed E-state index contributed by atoms with van der Waals surface area (Å²) >= 11 is 0. The summed E-state index contributed by atoms with van der Waals surface area (Å²) in [5.41, 5.74) is 0.471. The van der Waals surface area contributed by atoms with Crippen molar-refractivity contribution < 1.29 is 14.3 Å². The minimum absolute atomic E-state index is 0.386. The molecule has 0 fully saturated rings. The number of carbonyl (C=O) groups is 1. The molecule has 0 aromatic heterocycles. The predicted octanol–water partition coefficient (Wildman–Crippen LogP) is 3.79. The van der Waals surface area contributed by atoms with Crippen LogP contribution in [0.15, 0.2) is 48.5 Å². The molecule has 0 unspecified atom stereocenters. The van der Waals surface area contributed by atoms with Crippen molar-refractivity contribution in [2.45, 2.75) is 0 Å². The predicted molar refractivity (Wildman–Crippen MR) is 79.3 cm³/mol. The SMILES string of the molecule is COC(=O)c1c(OC)ccc2c1ccc1ccccc12. The lowest BCUT2D eigenvalue weighted by molar-refractivity contribution is 0.0599. The van der Waals surface area contributed by atoms with Gasteiger partial charge in [-0.05, 0) is 22.2 Å². The molecule has 0 aliphatic heterocycles. The van der Waals surface area contributed by atoms with E-state index in [0.29, 0.717) is 11.3 Å². The van der Waals surface area contributed by atoms with Crippen LogP contribution in [0.5, 0.6) is 5.75 Å². The third kappa shape index (κ3) is 1.79. The van der Waals surface area contributed by atoms with E-state index in [4.69, 9.17) is 9.47 Å². The summed E-state index contributed by atoms with van der Waals surface area (Å²) < 4.78 is 10.2. The van der Waals surface area contributed by atoms with Crippen LogP contribution >= 0.6 is 0 Å². The van der Waals surface area contributed by atoms with Gasteiger partial charge in [0.05, 0.1) is 14.2 Å². The van der Waals surface area contributed by atoms with E-state index in [-0.39, 0.29) is 5.97 Å². The molecule has 100 valence electrons. The van der Waals surface area contributed by atoms with Crippen molar-refractivity contribution in [1.82, 2.24) is 0 Å². The second-order valence-electron chi connectivity index (χ2n) is 4.52. The van der Waals surface area contributed by atoms with Gasteiger partial charge in [-0.15, -0.1) is 0 Å². The molecule has 0 radical (unpaired) electrons. The van der Waals surface area contributed by atoms with Gasteiger partial charge in [-0.1, -0.05) is 42.5 Å². The molecule has 0 N–H and O–H groups in total. The van der Waals surface area contributed by atoms with Gasteiger partial charge >= 0.3 is 5.97 Å². The van der Waals surface area contributed by atoms with Crippen molar-refractivity contribution in [3.8, 4) is 5.75 Å². The Balaban J connectivity index is 2.45. The molecule has 0 amide bonds. The summed E-state index contributed by atoms with van der Waals surface area (Å²) in [6.45, 7) is 0. The van der Waals surface area contributed by atoms with E-state index in [0.717, 1.165) is 21.5 Å². The maximum Gasteiger partial charge on any atom is 0.342 e. The van der Waals surface area contributed by atoms with Gasteiger partial charge in [0, 0.05) is 5.39 Å². The van der Waals surface area contributed by atoms with Gasteiger partial charge in [-0.3, -0.25) is 0 Å². The van der Waals surface area contributed by atoms with Crippen LogP contribution in [0.25, 0.3) is 21.5 Å². The quantitative estimate of drug-likeness (QED) is 0.523. The topological polar surface area (TPSA) is 35.5 Å². The van der Waals surface area contributed by atoms with Crippen LogP contribution in [0.4, 0.5) is 0 Å². The molecule has 0 saturated heterocycles. The number of fused-ring (bicyclic) bond motifs is 3. The normalized spacial score (nSPS) is 10.7. The van der Waals surface area contributed by atoms with Gasteiger partial charge in [0.25, 0.3) is 0 Å². The number of hydrogen-bond donors (Lipinski definition) is 0. The molecule has 0 aliphatic carbocycles. The second kappa shape index (κ2) is 4.85. The molecule has 0 spiro atoms. The third-order valence-corrected chi connectivity index (χ3v) is 3.50. The van der Waals surface area contributed by atoms with Crippen LogP contribution in [0.1, 0.15) is 10.4 Å². The maximum atomic E-state index is 12.0. The monoisotopic (exact) mass is 266 g/mol. The van der Waals surface area contributed by atoms with Gasteiger partial charge in [-0.2, -0.15) is 0 Å². The smallest absolute Gasteiger partial charge is 0.342 e. The average molecular weight is 266 g/mol. The Morgan fingerprint density at radius 1 is 0.850 bits per heavy atom. The number of carbonyl (C=O) groups excluding carboxylic acids is 1. The van der Waals surface area contributed by atoms with Gasteiger partial charge < -0.3 is 9.47 Å². The molecule has 0 atom stereocenters. The second-order valence-corrected chi connectivity index (χ2v) is 4.52. The number of hydrogen-bond acceptors (Lipinski definition) is 3. The van der Waals surface area contributed by atoms with E-state index < -0.39 is 0 Å². The molecule has 20 heavy (non-hydrogen) atoms. The third-order valence-electron chi connectivity index (χ3n) is 3.50. The highest BCUT2D eigenvalue weighted by Gasteiger charge is 2.17. The first-order valence-corrected chi connectivity index (χ1v) is 6.33. The lowest BCUT2D eigenvalue weighted by Crippen LogP contribution is -2.05. The molecule has 3 rings (SSSR count). The van der Waals surface area contributed by atoms with Crippen molar-refractivity contribution in [1.29, 1.82) is 0 Å². The van der Waals surface area contributed by atoms with E-state index in [1.54, 1.807) is 13.2 Å². The molecular weight excluding hydrogens is 252 g/mol. The standard InChI is InChI=1S/C17H14O3/c1-19-15-10-9-13-12-6-4-3-5-11(12)7-8-14(13)16(15)17(18)20-2/h3-10H,1-2H3. The summed E-state index contributed by atoms with van der Waals surface area (Å²) in [5.74, 6) is 0.141. The number of esters is 1. The van der Waals surface area contributed by atoms with Crippen LogP contribution in [0.3, 0.4) is 0 Å². The molecule has 3 aromatic carbocycles. The number of ether oxygens (including phenoxy) is 2. The summed E-state index contributed by atoms with van der Waals surface area (Å²) in [6.07, 6.45) is 0. The van der Waals surface area contributed by atoms with E-state index in [2.05, 4.69) is 6.07 Å². The lowest BCUT2D eigenvalue weighted by Gasteiger charge is -2.12. The average Bonchev–Trinajstić information content (AvgIpc) is 2.52. The Kier molecular flexibility index (Phi) is 3.03. The Morgan fingerprint density at radius 3 is 2.35 bits per heavy atom. The molecule has 0 saturated carbocycles. The van der Waals surface area contributed by atoms with Crippen molar-refractivity contribution >= 4 is 27.5 Å². The zero-order chi connectivity index (χ0) is 14.1. The fraction of sp³-hybridized carbons (Fsp3) is 0.118. The minimum atomic E-state index is -0.386. The Bertz CT molecular complexity index is 806. The summed E-state index contributed by atoms with van der Waals surface area (Å²) in [4.78, 5) is 12.0. The van der Waals surface area contributed by atoms with E-state index in [9.17, 15) is 4.79 Å². The first-order valence-electron chi connectivity index (χ1n) is 6.33. The highest BCUT2D eigenvalue weighted by molar-refractivity contribution is 6.15. The molecule has 3 nitrogen and oxygen atoms in total. The fourth-order valence-electron chi connectivity index (χ4n) is 2.55. The molecule has 3 heteroatoms. The number of methoxy groups -OCH3 is 2. The first kappa shape index (κ1) is 12.5. The first-order chi connectivity index (χ1) is 9.76. The van der Waals surface area contributed by atoms with Gasteiger partial charge in [0.2, 0.25) is 0 Å². The molecule has 0 heterocycles. The molecular formula is C17H14O3. The maximum absolute atomic E-state index is 12.0. The Morgan fingerprint density at radius 2 is 1.60 bits per heavy atom. The van der Waals surface area contributed by atoms with Crippen LogP contribution in [-0.2, 0) is 4.74 Å². The van der Waals surface area contributed by atoms with Gasteiger partial charge in [0.15, 0.2) is 0 Å². The van der Waals surface area contributed by atoms with Crippen LogP contribution in [0.2, 0.25) is 0 Å². The number of benzene rings is 3. The van der Waals surface area contributed by atoms with Crippen LogP contribution < -0.4 is 4.74 Å². The van der Waals surface area contributed by atoms with Gasteiger partial charge in [-0.25, -0.2) is 4.79 Å². The van der Waals surface area contributed by atoms with Crippen LogP contribution in [0, 0.1) is 0 Å². The largest absolute Gasteiger partial charge is 0.496 e. The van der Waals surface area contributed by atoms with Gasteiger partial charge in [0.1, 0.15) is 11.3 Å². The Labute approximate surface area is 116 Å². The Hall–Kier alpha value is -2.55. The van der Waals surface area contributed by atoms with Crippen LogP contribution in [-0.4, -0.2) is 20.2 Å². The fourth-order valence-corrected chi connectivity index (χ4v) is 2.55. The van der Waals surface area contributed by atoms with Crippen molar-refractivity contribution in [3.63, 3.8) is 0 Å². The zero-order valence-electron chi connectivity index (χ0n) is 11.3. The highest BCUT2D eigenvalue weighted by Crippen LogP contribution is 2.33. The van der Waals surface area contributed by atoms with E-state index in [1.165, 1.54) is 7.11 Å². The molecule has 0 bridgehead atoms. The van der Waals surface area contributed by atoms with E-state index >= 15 is 0 Å². The zero-order valence-corrected chi connectivity index (χ0v) is 11.3. The molecule has 0 aliphatic rings. The highest BCUT2D eigenvalue weighted by atomic mass is 16.5. The minimum Gasteiger partial charge on any atom is -0.496 e.